The Balaban J connectivity index is 1.02. The SMILES string of the molecule is O=C(NC[C@@H]1CCCC[C@H]1CN1CCN(c2nsc3ccccc23)CC1)c1ccc2c(c1)OCO2. The Morgan fingerprint density at radius 3 is 2.69 bits per heavy atom. The minimum Gasteiger partial charge on any atom is -0.454 e. The van der Waals surface area contributed by atoms with Gasteiger partial charge in [-0.2, -0.15) is 4.37 Å². The number of ether oxygens (including phenoxy) is 2. The Morgan fingerprint density at radius 2 is 1.80 bits per heavy atom. The number of anilines is 1. The minimum absolute atomic E-state index is 0.0308. The summed E-state index contributed by atoms with van der Waals surface area (Å²) < 4.78 is 16.8. The molecule has 1 aromatic heterocycles. The molecular weight excluding hydrogens is 460 g/mol. The summed E-state index contributed by atoms with van der Waals surface area (Å²) in [5, 5.41) is 4.48. The van der Waals surface area contributed by atoms with Gasteiger partial charge in [0.2, 0.25) is 6.79 Å². The van der Waals surface area contributed by atoms with Crippen LogP contribution in [0.1, 0.15) is 36.0 Å². The first-order valence-corrected chi connectivity index (χ1v) is 13.5. The highest BCUT2D eigenvalue weighted by molar-refractivity contribution is 7.13. The lowest BCUT2D eigenvalue weighted by atomic mass is 9.78. The first kappa shape index (κ1) is 22.6. The molecule has 3 heterocycles. The molecule has 3 aromatic rings. The first-order chi connectivity index (χ1) is 17.2. The Morgan fingerprint density at radius 1 is 1.00 bits per heavy atom. The fraction of sp³-hybridized carbons (Fsp3) is 0.481. The van der Waals surface area contributed by atoms with Crippen LogP contribution in [0.5, 0.6) is 11.5 Å². The van der Waals surface area contributed by atoms with E-state index in [1.165, 1.54) is 35.8 Å². The van der Waals surface area contributed by atoms with E-state index in [1.807, 2.05) is 12.1 Å². The van der Waals surface area contributed by atoms with Crippen LogP contribution in [0.2, 0.25) is 0 Å². The second kappa shape index (κ2) is 10.0. The molecule has 2 fully saturated rings. The molecule has 0 spiro atoms. The Bertz CT molecular complexity index is 1190. The van der Waals surface area contributed by atoms with Crippen molar-refractivity contribution >= 4 is 33.3 Å². The van der Waals surface area contributed by atoms with Gasteiger partial charge in [0.1, 0.15) is 5.82 Å². The van der Waals surface area contributed by atoms with Gasteiger partial charge < -0.3 is 19.7 Å². The molecule has 0 radical (unpaired) electrons. The zero-order chi connectivity index (χ0) is 23.6. The maximum Gasteiger partial charge on any atom is 0.251 e. The van der Waals surface area contributed by atoms with Crippen molar-refractivity contribution in [2.45, 2.75) is 25.7 Å². The number of nitrogens with zero attached hydrogens (tertiary/aromatic N) is 3. The van der Waals surface area contributed by atoms with Crippen LogP contribution in [-0.4, -0.2) is 61.2 Å². The van der Waals surface area contributed by atoms with Gasteiger partial charge in [-0.15, -0.1) is 0 Å². The lowest BCUT2D eigenvalue weighted by Crippen LogP contribution is -2.49. The second-order valence-electron chi connectivity index (χ2n) is 9.87. The largest absolute Gasteiger partial charge is 0.454 e. The van der Waals surface area contributed by atoms with Gasteiger partial charge in [0.05, 0.1) is 4.70 Å². The van der Waals surface area contributed by atoms with Gasteiger partial charge >= 0.3 is 0 Å². The minimum atomic E-state index is -0.0308. The number of carbonyl (C=O) groups is 1. The van der Waals surface area contributed by atoms with E-state index in [2.05, 4.69) is 39.4 Å². The van der Waals surface area contributed by atoms with E-state index in [0.29, 0.717) is 28.9 Å². The van der Waals surface area contributed by atoms with Gasteiger partial charge in [-0.05, 0) is 66.5 Å². The molecule has 2 aliphatic heterocycles. The monoisotopic (exact) mass is 492 g/mol. The summed E-state index contributed by atoms with van der Waals surface area (Å²) in [6, 6.07) is 13.9. The lowest BCUT2D eigenvalue weighted by Gasteiger charge is -2.40. The molecule has 3 aliphatic rings. The van der Waals surface area contributed by atoms with Gasteiger partial charge in [0.15, 0.2) is 11.5 Å². The smallest absolute Gasteiger partial charge is 0.251 e. The van der Waals surface area contributed by atoms with Gasteiger partial charge in [0.25, 0.3) is 5.91 Å². The number of amides is 1. The van der Waals surface area contributed by atoms with Crippen LogP contribution in [0.4, 0.5) is 5.82 Å². The van der Waals surface area contributed by atoms with Gasteiger partial charge in [0, 0.05) is 50.2 Å². The third kappa shape index (κ3) is 4.82. The molecule has 1 saturated heterocycles. The van der Waals surface area contributed by atoms with Crippen LogP contribution in [0.15, 0.2) is 42.5 Å². The van der Waals surface area contributed by atoms with E-state index in [4.69, 9.17) is 13.8 Å². The average molecular weight is 493 g/mol. The zero-order valence-electron chi connectivity index (χ0n) is 19.9. The summed E-state index contributed by atoms with van der Waals surface area (Å²) in [5.74, 6) is 3.63. The number of piperazine rings is 1. The first-order valence-electron chi connectivity index (χ1n) is 12.7. The molecule has 35 heavy (non-hydrogen) atoms. The number of hydrogen-bond acceptors (Lipinski definition) is 7. The number of fused-ring (bicyclic) bond motifs is 2. The number of carbonyl (C=O) groups excluding carboxylic acids is 1. The van der Waals surface area contributed by atoms with Gasteiger partial charge in [-0.3, -0.25) is 9.69 Å². The molecule has 1 amide bonds. The second-order valence-corrected chi connectivity index (χ2v) is 10.7. The van der Waals surface area contributed by atoms with Crippen LogP contribution < -0.4 is 19.7 Å². The van der Waals surface area contributed by atoms with Crippen molar-refractivity contribution in [2.75, 3.05) is 51.0 Å². The predicted octanol–water partition coefficient (Wildman–Crippen LogP) is 4.38. The molecule has 8 heteroatoms. The van der Waals surface area contributed by atoms with Crippen molar-refractivity contribution in [1.29, 1.82) is 0 Å². The molecule has 184 valence electrons. The topological polar surface area (TPSA) is 66.9 Å². The van der Waals surface area contributed by atoms with E-state index < -0.39 is 0 Å². The standard InChI is InChI=1S/C27H32N4O3S/c32-27(19-9-10-23-24(15-19)34-18-33-23)28-16-20-5-1-2-6-21(20)17-30-11-13-31(14-12-30)26-22-7-3-4-8-25(22)35-29-26/h3-4,7-10,15,20-21H,1-2,5-6,11-14,16-18H2,(H,28,32)/t20-,21-/m0/s1. The predicted molar refractivity (Wildman–Crippen MR) is 139 cm³/mol. The van der Waals surface area contributed by atoms with Gasteiger partial charge in [-0.25, -0.2) is 0 Å². The average Bonchev–Trinajstić information content (AvgIpc) is 3.55. The molecule has 7 nitrogen and oxygen atoms in total. The molecule has 0 unspecified atom stereocenters. The summed E-state index contributed by atoms with van der Waals surface area (Å²) >= 11 is 1.60. The molecule has 2 atom stereocenters. The maximum absolute atomic E-state index is 12.8. The zero-order valence-corrected chi connectivity index (χ0v) is 20.8. The summed E-state index contributed by atoms with van der Waals surface area (Å²) in [5.41, 5.74) is 0.632. The van der Waals surface area contributed by atoms with E-state index in [-0.39, 0.29) is 12.7 Å². The summed E-state index contributed by atoms with van der Waals surface area (Å²) in [6.07, 6.45) is 4.99. The molecule has 1 aliphatic carbocycles. The maximum atomic E-state index is 12.8. The van der Waals surface area contributed by atoms with E-state index >= 15 is 0 Å². The van der Waals surface area contributed by atoms with Crippen molar-refractivity contribution in [2.24, 2.45) is 11.8 Å². The normalized spacial score (nSPS) is 22.5. The number of nitrogens with one attached hydrogen (secondary N) is 1. The molecule has 0 bridgehead atoms. The third-order valence-corrected chi connectivity index (χ3v) is 8.57. The van der Waals surface area contributed by atoms with Crippen LogP contribution in [0.25, 0.3) is 10.1 Å². The molecule has 2 aromatic carbocycles. The fourth-order valence-corrected chi connectivity index (χ4v) is 6.53. The van der Waals surface area contributed by atoms with Crippen molar-refractivity contribution in [1.82, 2.24) is 14.6 Å². The van der Waals surface area contributed by atoms with E-state index in [9.17, 15) is 4.79 Å². The fourth-order valence-electron chi connectivity index (χ4n) is 5.73. The molecule has 1 saturated carbocycles. The highest BCUT2D eigenvalue weighted by atomic mass is 32.1. The van der Waals surface area contributed by atoms with E-state index in [0.717, 1.165) is 45.1 Å². The van der Waals surface area contributed by atoms with Crippen LogP contribution >= 0.6 is 11.5 Å². The Labute approximate surface area is 210 Å². The number of rotatable bonds is 6. The van der Waals surface area contributed by atoms with Crippen LogP contribution in [0, 0.1) is 11.8 Å². The quantitative estimate of drug-likeness (QED) is 0.551. The summed E-state index contributed by atoms with van der Waals surface area (Å²) in [7, 11) is 0. The van der Waals surface area contributed by atoms with Crippen LogP contribution in [-0.2, 0) is 0 Å². The summed E-state index contributed by atoms with van der Waals surface area (Å²) in [4.78, 5) is 17.9. The molecule has 1 N–H and O–H groups in total. The highest BCUT2D eigenvalue weighted by Crippen LogP contribution is 2.34. The Hall–Kier alpha value is -2.84. The number of aromatic nitrogens is 1. The highest BCUT2D eigenvalue weighted by Gasteiger charge is 2.29. The molecular formula is C27H32N4O3S. The van der Waals surface area contributed by atoms with Crippen molar-refractivity contribution in [3.63, 3.8) is 0 Å². The number of hydrogen-bond donors (Lipinski definition) is 1. The van der Waals surface area contributed by atoms with Gasteiger partial charge in [-0.1, -0.05) is 25.0 Å². The molecule has 6 rings (SSSR count). The summed E-state index contributed by atoms with van der Waals surface area (Å²) in [6.45, 7) is 6.26. The Kier molecular flexibility index (Phi) is 6.48. The third-order valence-electron chi connectivity index (χ3n) is 7.75. The van der Waals surface area contributed by atoms with E-state index in [1.54, 1.807) is 17.6 Å². The van der Waals surface area contributed by atoms with Crippen molar-refractivity contribution in [3.05, 3.63) is 48.0 Å². The van der Waals surface area contributed by atoms with Crippen molar-refractivity contribution < 1.29 is 14.3 Å². The lowest BCUT2D eigenvalue weighted by molar-refractivity contribution is 0.0919. The number of benzene rings is 2. The van der Waals surface area contributed by atoms with Crippen molar-refractivity contribution in [3.8, 4) is 11.5 Å². The van der Waals surface area contributed by atoms with Crippen LogP contribution in [0.3, 0.4) is 0 Å².